The van der Waals surface area contributed by atoms with Gasteiger partial charge in [0, 0.05) is 0 Å². The summed E-state index contributed by atoms with van der Waals surface area (Å²) >= 11 is 0. The van der Waals surface area contributed by atoms with Crippen LogP contribution in [0, 0.1) is 5.82 Å². The molecule has 3 aromatic rings. The highest BCUT2D eigenvalue weighted by atomic mass is 19.1. The van der Waals surface area contributed by atoms with Crippen LogP contribution in [0.25, 0.3) is 0 Å². The van der Waals surface area contributed by atoms with E-state index >= 15 is 0 Å². The lowest BCUT2D eigenvalue weighted by atomic mass is 9.98. The van der Waals surface area contributed by atoms with Gasteiger partial charge in [0.25, 0.3) is 5.91 Å². The van der Waals surface area contributed by atoms with Crippen LogP contribution in [-0.4, -0.2) is 24.6 Å². The van der Waals surface area contributed by atoms with Crippen LogP contribution in [0.15, 0.2) is 84.9 Å². The minimum atomic E-state index is -1.04. The molecular formula is C24H22FNO4. The molecule has 0 aliphatic rings. The smallest absolute Gasteiger partial charge is 0.344 e. The third kappa shape index (κ3) is 5.67. The molecule has 1 amide bonds. The summed E-state index contributed by atoms with van der Waals surface area (Å²) in [5, 5.41) is 2.92. The average molecular weight is 407 g/mol. The molecule has 1 atom stereocenters. The predicted octanol–water partition coefficient (Wildman–Crippen LogP) is 4.04. The summed E-state index contributed by atoms with van der Waals surface area (Å²) in [7, 11) is 0. The highest BCUT2D eigenvalue weighted by Crippen LogP contribution is 2.22. The molecule has 1 N–H and O–H groups in total. The van der Waals surface area contributed by atoms with Crippen molar-refractivity contribution in [3.63, 3.8) is 0 Å². The molecule has 0 fully saturated rings. The van der Waals surface area contributed by atoms with E-state index in [1.54, 1.807) is 6.07 Å². The van der Waals surface area contributed by atoms with Gasteiger partial charge in [0.1, 0.15) is 0 Å². The number of hydrogen-bond acceptors (Lipinski definition) is 4. The van der Waals surface area contributed by atoms with Crippen LogP contribution >= 0.6 is 0 Å². The Morgan fingerprint density at radius 2 is 1.40 bits per heavy atom. The molecule has 0 spiro atoms. The molecule has 6 heteroatoms. The molecule has 3 rings (SSSR count). The number of carbonyl (C=O) groups is 2. The summed E-state index contributed by atoms with van der Waals surface area (Å²) < 4.78 is 23.8. The van der Waals surface area contributed by atoms with Crippen molar-refractivity contribution in [3.8, 4) is 5.75 Å². The monoisotopic (exact) mass is 407 g/mol. The lowest BCUT2D eigenvalue weighted by Crippen LogP contribution is -2.39. The number of ether oxygens (including phenoxy) is 2. The molecule has 0 aliphatic carbocycles. The van der Waals surface area contributed by atoms with Gasteiger partial charge in [-0.1, -0.05) is 72.8 Å². The summed E-state index contributed by atoms with van der Waals surface area (Å²) in [6.45, 7) is 0.975. The molecule has 154 valence electrons. The number of hydrogen-bond donors (Lipinski definition) is 1. The van der Waals surface area contributed by atoms with Gasteiger partial charge in [0.2, 0.25) is 0 Å². The molecule has 0 saturated heterocycles. The van der Waals surface area contributed by atoms with Crippen molar-refractivity contribution in [2.75, 3.05) is 6.61 Å². The van der Waals surface area contributed by atoms with E-state index in [0.29, 0.717) is 0 Å². The summed E-state index contributed by atoms with van der Waals surface area (Å²) in [6.07, 6.45) is -1.04. The second-order valence-corrected chi connectivity index (χ2v) is 6.61. The van der Waals surface area contributed by atoms with Gasteiger partial charge in [-0.05, 0) is 30.2 Å². The quantitative estimate of drug-likeness (QED) is 0.573. The Kier molecular flexibility index (Phi) is 7.16. The van der Waals surface area contributed by atoms with Gasteiger partial charge >= 0.3 is 5.97 Å². The normalized spacial score (nSPS) is 11.6. The Labute approximate surface area is 174 Å². The van der Waals surface area contributed by atoms with E-state index in [1.165, 1.54) is 25.1 Å². The van der Waals surface area contributed by atoms with Crippen molar-refractivity contribution in [2.24, 2.45) is 0 Å². The van der Waals surface area contributed by atoms with Crippen molar-refractivity contribution < 1.29 is 23.5 Å². The van der Waals surface area contributed by atoms with Gasteiger partial charge in [0.15, 0.2) is 24.3 Å². The Bertz CT molecular complexity index is 939. The van der Waals surface area contributed by atoms with Crippen LogP contribution in [0.5, 0.6) is 5.75 Å². The van der Waals surface area contributed by atoms with E-state index in [-0.39, 0.29) is 5.75 Å². The van der Waals surface area contributed by atoms with E-state index < -0.39 is 36.4 Å². The first-order chi connectivity index (χ1) is 14.5. The fraction of sp³-hybridized carbons (Fsp3) is 0.167. The third-order valence-electron chi connectivity index (χ3n) is 4.41. The number of nitrogens with one attached hydrogen (secondary N) is 1. The number of esters is 1. The first-order valence-electron chi connectivity index (χ1n) is 9.51. The first-order valence-corrected chi connectivity index (χ1v) is 9.51. The maximum absolute atomic E-state index is 13.6. The topological polar surface area (TPSA) is 64.6 Å². The van der Waals surface area contributed by atoms with Gasteiger partial charge in [-0.25, -0.2) is 9.18 Å². The lowest BCUT2D eigenvalue weighted by Gasteiger charge is -2.22. The highest BCUT2D eigenvalue weighted by Gasteiger charge is 2.23. The summed E-state index contributed by atoms with van der Waals surface area (Å²) in [5.41, 5.74) is 1.80. The number of carbonyl (C=O) groups excluding carboxylic acids is 2. The zero-order valence-corrected chi connectivity index (χ0v) is 16.5. The van der Waals surface area contributed by atoms with Crippen molar-refractivity contribution in [1.29, 1.82) is 0 Å². The van der Waals surface area contributed by atoms with Gasteiger partial charge < -0.3 is 14.8 Å². The lowest BCUT2D eigenvalue weighted by molar-refractivity contribution is -0.156. The van der Waals surface area contributed by atoms with Crippen LogP contribution in [0.1, 0.15) is 24.1 Å². The SMILES string of the molecule is C[C@@H](OC(=O)COc1ccccc1F)C(=O)NC(c1ccccc1)c1ccccc1. The fourth-order valence-electron chi connectivity index (χ4n) is 2.89. The Hall–Kier alpha value is -3.67. The maximum Gasteiger partial charge on any atom is 0.344 e. The van der Waals surface area contributed by atoms with Crippen LogP contribution in [0.3, 0.4) is 0 Å². The molecule has 3 aromatic carbocycles. The second kappa shape index (κ2) is 10.2. The van der Waals surface area contributed by atoms with Gasteiger partial charge in [0.05, 0.1) is 6.04 Å². The average Bonchev–Trinajstić information content (AvgIpc) is 2.78. The van der Waals surface area contributed by atoms with Crippen molar-refractivity contribution in [1.82, 2.24) is 5.32 Å². The summed E-state index contributed by atoms with van der Waals surface area (Å²) in [5.74, 6) is -1.85. The number of benzene rings is 3. The van der Waals surface area contributed by atoms with Gasteiger partial charge in [-0.2, -0.15) is 0 Å². The number of para-hydroxylation sites is 1. The standard InChI is InChI=1S/C24H22FNO4/c1-17(30-22(27)16-29-21-15-9-8-14-20(21)25)24(28)26-23(18-10-4-2-5-11-18)19-12-6-3-7-13-19/h2-15,17,23H,16H2,1H3,(H,26,28)/t17-/m1/s1. The zero-order chi connectivity index (χ0) is 21.3. The largest absolute Gasteiger partial charge is 0.479 e. The maximum atomic E-state index is 13.6. The van der Waals surface area contributed by atoms with Crippen LogP contribution < -0.4 is 10.1 Å². The minimum absolute atomic E-state index is 0.0558. The van der Waals surface area contributed by atoms with Crippen molar-refractivity contribution in [3.05, 3.63) is 102 Å². The minimum Gasteiger partial charge on any atom is -0.479 e. The number of halogens is 1. The molecule has 0 saturated carbocycles. The van der Waals surface area contributed by atoms with E-state index in [9.17, 15) is 14.0 Å². The molecule has 0 unspecified atom stereocenters. The van der Waals surface area contributed by atoms with E-state index in [0.717, 1.165) is 11.1 Å². The third-order valence-corrected chi connectivity index (χ3v) is 4.41. The second-order valence-electron chi connectivity index (χ2n) is 6.61. The molecule has 5 nitrogen and oxygen atoms in total. The summed E-state index contributed by atoms with van der Waals surface area (Å²) in [4.78, 5) is 24.7. The van der Waals surface area contributed by atoms with E-state index in [4.69, 9.17) is 9.47 Å². The van der Waals surface area contributed by atoms with E-state index in [2.05, 4.69) is 5.32 Å². The molecule has 0 aromatic heterocycles. The number of rotatable bonds is 8. The van der Waals surface area contributed by atoms with Crippen LogP contribution in [0.4, 0.5) is 4.39 Å². The van der Waals surface area contributed by atoms with Crippen LogP contribution in [-0.2, 0) is 14.3 Å². The molecule has 0 bridgehead atoms. The molecule has 30 heavy (non-hydrogen) atoms. The van der Waals surface area contributed by atoms with Crippen LogP contribution in [0.2, 0.25) is 0 Å². The van der Waals surface area contributed by atoms with Crippen molar-refractivity contribution >= 4 is 11.9 Å². The molecule has 0 heterocycles. The predicted molar refractivity (Wildman–Crippen MR) is 110 cm³/mol. The Morgan fingerprint density at radius 3 is 1.97 bits per heavy atom. The first kappa shape index (κ1) is 21.0. The van der Waals surface area contributed by atoms with Gasteiger partial charge in [-0.15, -0.1) is 0 Å². The fourth-order valence-corrected chi connectivity index (χ4v) is 2.89. The van der Waals surface area contributed by atoms with Gasteiger partial charge in [-0.3, -0.25) is 4.79 Å². The Morgan fingerprint density at radius 1 is 0.867 bits per heavy atom. The molecule has 0 aliphatic heterocycles. The van der Waals surface area contributed by atoms with Crippen molar-refractivity contribution in [2.45, 2.75) is 19.1 Å². The molecular weight excluding hydrogens is 385 g/mol. The van der Waals surface area contributed by atoms with E-state index in [1.807, 2.05) is 60.7 Å². The molecule has 0 radical (unpaired) electrons. The Balaban J connectivity index is 1.61. The number of amides is 1. The highest BCUT2D eigenvalue weighted by molar-refractivity contribution is 5.84. The summed E-state index contributed by atoms with van der Waals surface area (Å²) in [6, 6.07) is 24.4. The zero-order valence-electron chi connectivity index (χ0n) is 16.5.